The lowest BCUT2D eigenvalue weighted by Crippen LogP contribution is -2.13. The van der Waals surface area contributed by atoms with Crippen LogP contribution in [0.25, 0.3) is 11.3 Å². The quantitative estimate of drug-likeness (QED) is 0.326. The summed E-state index contributed by atoms with van der Waals surface area (Å²) >= 11 is 0. The topological polar surface area (TPSA) is 109 Å². The molecule has 0 spiro atoms. The summed E-state index contributed by atoms with van der Waals surface area (Å²) in [6.45, 7) is 0.670. The first-order valence-electron chi connectivity index (χ1n) is 11.5. The zero-order valence-corrected chi connectivity index (χ0v) is 20.5. The highest BCUT2D eigenvalue weighted by atomic mass is 16.5. The molecular formula is C28H26N6O3. The molecule has 0 aliphatic heterocycles. The number of benzene rings is 2. The molecule has 0 saturated heterocycles. The monoisotopic (exact) mass is 494 g/mol. The molecule has 186 valence electrons. The zero-order chi connectivity index (χ0) is 26.0. The summed E-state index contributed by atoms with van der Waals surface area (Å²) in [5, 5.41) is 5.62. The molecule has 4 aromatic rings. The number of carbonyl (C=O) groups is 2. The molecule has 2 heterocycles. The third-order valence-electron chi connectivity index (χ3n) is 5.05. The van der Waals surface area contributed by atoms with Gasteiger partial charge in [-0.25, -0.2) is 4.98 Å². The van der Waals surface area contributed by atoms with E-state index in [0.29, 0.717) is 34.9 Å². The maximum Gasteiger partial charge on any atom is 0.322 e. The van der Waals surface area contributed by atoms with Gasteiger partial charge >= 0.3 is 6.01 Å². The van der Waals surface area contributed by atoms with Crippen LogP contribution in [0.3, 0.4) is 0 Å². The summed E-state index contributed by atoms with van der Waals surface area (Å²) in [4.78, 5) is 39.4. The number of pyridine rings is 1. The van der Waals surface area contributed by atoms with Crippen molar-refractivity contribution < 1.29 is 14.3 Å². The standard InChI is InChI=1S/C28H26N6O3/c1-34(2)17-5-9-26(35)31-22-12-10-20(11-13-22)27(36)32-23-7-3-8-24(18-23)37-28-30-16-14-25(33-28)21-6-4-15-29-19-21/h3-16,18-19H,17H2,1-2H3,(H,31,35)(H,32,36)/b9-5+. The van der Waals surface area contributed by atoms with E-state index in [0.717, 1.165) is 5.56 Å². The average Bonchev–Trinajstić information content (AvgIpc) is 2.90. The molecule has 0 aliphatic carbocycles. The fourth-order valence-electron chi connectivity index (χ4n) is 3.27. The van der Waals surface area contributed by atoms with Crippen molar-refractivity contribution >= 4 is 23.2 Å². The van der Waals surface area contributed by atoms with Crippen LogP contribution in [-0.2, 0) is 4.79 Å². The van der Waals surface area contributed by atoms with Crippen molar-refractivity contribution in [1.82, 2.24) is 19.9 Å². The van der Waals surface area contributed by atoms with Crippen LogP contribution in [0.15, 0.2) is 97.5 Å². The number of anilines is 2. The van der Waals surface area contributed by atoms with Crippen LogP contribution in [-0.4, -0.2) is 52.3 Å². The largest absolute Gasteiger partial charge is 0.424 e. The lowest BCUT2D eigenvalue weighted by molar-refractivity contribution is -0.111. The van der Waals surface area contributed by atoms with Gasteiger partial charge in [0.25, 0.3) is 5.91 Å². The number of carbonyl (C=O) groups excluding carboxylic acids is 2. The van der Waals surface area contributed by atoms with E-state index in [2.05, 4.69) is 25.6 Å². The van der Waals surface area contributed by atoms with Gasteiger partial charge in [-0.2, -0.15) is 4.98 Å². The van der Waals surface area contributed by atoms with E-state index in [9.17, 15) is 9.59 Å². The summed E-state index contributed by atoms with van der Waals surface area (Å²) < 4.78 is 5.82. The number of nitrogens with one attached hydrogen (secondary N) is 2. The average molecular weight is 495 g/mol. The van der Waals surface area contributed by atoms with Crippen LogP contribution in [0.5, 0.6) is 11.8 Å². The summed E-state index contributed by atoms with van der Waals surface area (Å²) in [6.07, 6.45) is 8.28. The van der Waals surface area contributed by atoms with E-state index in [1.54, 1.807) is 79.3 Å². The predicted octanol–water partition coefficient (Wildman–Crippen LogP) is 4.64. The lowest BCUT2D eigenvalue weighted by atomic mass is 10.2. The Hall–Kier alpha value is -4.89. The van der Waals surface area contributed by atoms with Gasteiger partial charge < -0.3 is 20.3 Å². The Morgan fingerprint density at radius 2 is 1.78 bits per heavy atom. The second-order valence-electron chi connectivity index (χ2n) is 8.28. The van der Waals surface area contributed by atoms with Crippen LogP contribution in [0.2, 0.25) is 0 Å². The van der Waals surface area contributed by atoms with Crippen LogP contribution in [0.4, 0.5) is 11.4 Å². The number of aromatic nitrogens is 3. The summed E-state index contributed by atoms with van der Waals surface area (Å²) in [6, 6.07) is 19.3. The molecular weight excluding hydrogens is 468 g/mol. The molecule has 9 nitrogen and oxygen atoms in total. The minimum Gasteiger partial charge on any atom is -0.424 e. The van der Waals surface area contributed by atoms with Gasteiger partial charge in [-0.1, -0.05) is 12.1 Å². The molecule has 2 N–H and O–H groups in total. The number of nitrogens with zero attached hydrogens (tertiary/aromatic N) is 4. The van der Waals surface area contributed by atoms with E-state index in [-0.39, 0.29) is 17.8 Å². The normalized spacial score (nSPS) is 10.9. The molecule has 0 saturated carbocycles. The van der Waals surface area contributed by atoms with Gasteiger partial charge in [0.15, 0.2) is 0 Å². The first-order valence-corrected chi connectivity index (χ1v) is 11.5. The van der Waals surface area contributed by atoms with Gasteiger partial charge in [-0.3, -0.25) is 14.6 Å². The number of hydrogen-bond donors (Lipinski definition) is 2. The molecule has 2 aromatic carbocycles. The molecule has 0 bridgehead atoms. The third kappa shape index (κ3) is 7.55. The van der Waals surface area contributed by atoms with Gasteiger partial charge in [0, 0.05) is 59.8 Å². The van der Waals surface area contributed by atoms with E-state index in [1.807, 2.05) is 31.1 Å². The van der Waals surface area contributed by atoms with Crippen LogP contribution in [0.1, 0.15) is 10.4 Å². The Morgan fingerprint density at radius 1 is 0.946 bits per heavy atom. The Morgan fingerprint density at radius 3 is 2.54 bits per heavy atom. The van der Waals surface area contributed by atoms with Crippen molar-refractivity contribution in [2.75, 3.05) is 31.3 Å². The van der Waals surface area contributed by atoms with Crippen molar-refractivity contribution in [1.29, 1.82) is 0 Å². The maximum atomic E-state index is 12.7. The molecule has 0 fully saturated rings. The van der Waals surface area contributed by atoms with Crippen molar-refractivity contribution in [3.05, 3.63) is 103 Å². The van der Waals surface area contributed by atoms with Crippen molar-refractivity contribution in [3.8, 4) is 23.0 Å². The van der Waals surface area contributed by atoms with Crippen molar-refractivity contribution in [2.45, 2.75) is 0 Å². The van der Waals surface area contributed by atoms with E-state index in [1.165, 1.54) is 6.08 Å². The fourth-order valence-corrected chi connectivity index (χ4v) is 3.27. The maximum absolute atomic E-state index is 12.7. The van der Waals surface area contributed by atoms with Gasteiger partial charge in [-0.05, 0) is 68.7 Å². The highest BCUT2D eigenvalue weighted by Crippen LogP contribution is 2.24. The number of likely N-dealkylation sites (N-methyl/N-ethyl adjacent to an activating group) is 1. The molecule has 37 heavy (non-hydrogen) atoms. The second-order valence-corrected chi connectivity index (χ2v) is 8.28. The molecule has 0 unspecified atom stereocenters. The summed E-state index contributed by atoms with van der Waals surface area (Å²) in [5.41, 5.74) is 3.13. The molecule has 2 amide bonds. The molecule has 0 radical (unpaired) electrons. The lowest BCUT2D eigenvalue weighted by Gasteiger charge is -2.09. The summed E-state index contributed by atoms with van der Waals surface area (Å²) in [5.74, 6) is -0.0527. The van der Waals surface area contributed by atoms with Crippen LogP contribution < -0.4 is 15.4 Å². The number of amides is 2. The first-order chi connectivity index (χ1) is 18.0. The number of hydrogen-bond acceptors (Lipinski definition) is 7. The molecule has 2 aromatic heterocycles. The molecule has 0 aliphatic rings. The van der Waals surface area contributed by atoms with E-state index < -0.39 is 0 Å². The molecule has 0 atom stereocenters. The smallest absolute Gasteiger partial charge is 0.322 e. The van der Waals surface area contributed by atoms with Gasteiger partial charge in [-0.15, -0.1) is 0 Å². The van der Waals surface area contributed by atoms with Crippen molar-refractivity contribution in [2.24, 2.45) is 0 Å². The SMILES string of the molecule is CN(C)C/C=C/C(=O)Nc1ccc(C(=O)Nc2cccc(Oc3nccc(-c4cccnc4)n3)c2)cc1. The minimum atomic E-state index is -0.296. The van der Waals surface area contributed by atoms with Gasteiger partial charge in [0.05, 0.1) is 5.69 Å². The fraction of sp³-hybridized carbons (Fsp3) is 0.107. The highest BCUT2D eigenvalue weighted by molar-refractivity contribution is 6.05. The number of ether oxygens (including phenoxy) is 1. The summed E-state index contributed by atoms with van der Waals surface area (Å²) in [7, 11) is 3.85. The Kier molecular flexibility index (Phi) is 8.30. The second kappa shape index (κ2) is 12.2. The van der Waals surface area contributed by atoms with Crippen molar-refractivity contribution in [3.63, 3.8) is 0 Å². The predicted molar refractivity (Wildman–Crippen MR) is 142 cm³/mol. The molecule has 4 rings (SSSR count). The van der Waals surface area contributed by atoms with E-state index in [4.69, 9.17) is 4.74 Å². The number of rotatable bonds is 9. The van der Waals surface area contributed by atoms with E-state index >= 15 is 0 Å². The Balaban J connectivity index is 1.36. The van der Waals surface area contributed by atoms with Crippen LogP contribution >= 0.6 is 0 Å². The Bertz CT molecular complexity index is 1390. The van der Waals surface area contributed by atoms with Gasteiger partial charge in [0.2, 0.25) is 5.91 Å². The third-order valence-corrected chi connectivity index (χ3v) is 5.05. The Labute approximate surface area is 214 Å². The highest BCUT2D eigenvalue weighted by Gasteiger charge is 2.09. The molecule has 9 heteroatoms. The zero-order valence-electron chi connectivity index (χ0n) is 20.5. The van der Waals surface area contributed by atoms with Gasteiger partial charge in [0.1, 0.15) is 5.75 Å². The first kappa shape index (κ1) is 25.2. The van der Waals surface area contributed by atoms with Crippen LogP contribution in [0, 0.1) is 0 Å². The minimum absolute atomic E-state index is 0.180.